The summed E-state index contributed by atoms with van der Waals surface area (Å²) in [4.78, 5) is 14.7. The molecule has 0 bridgehead atoms. The molecule has 2 rings (SSSR count). The van der Waals surface area contributed by atoms with E-state index in [0.717, 1.165) is 10.4 Å². The molecule has 0 unspecified atom stereocenters. The minimum atomic E-state index is -1.00. The Kier molecular flexibility index (Phi) is 1.73. The molecule has 0 spiro atoms. The predicted octanol–water partition coefficient (Wildman–Crippen LogP) is 1.70. The van der Waals surface area contributed by atoms with Crippen LogP contribution in [-0.4, -0.2) is 20.4 Å². The molecule has 0 saturated carbocycles. The summed E-state index contributed by atoms with van der Waals surface area (Å²) in [5, 5.41) is 9.37. The number of carboxylic acid groups (broad SMARTS) is 1. The lowest BCUT2D eigenvalue weighted by atomic mass is 10.2. The van der Waals surface area contributed by atoms with Gasteiger partial charge >= 0.3 is 5.97 Å². The topological polar surface area (TPSA) is 63.1 Å². The van der Waals surface area contributed by atoms with Crippen molar-refractivity contribution in [2.45, 2.75) is 6.92 Å². The summed E-state index contributed by atoms with van der Waals surface area (Å²) >= 11 is 1.19. The summed E-state index contributed by atoms with van der Waals surface area (Å²) in [6.07, 6.45) is 1.55. The molecule has 13 heavy (non-hydrogen) atoms. The van der Waals surface area contributed by atoms with E-state index in [1.165, 1.54) is 11.5 Å². The van der Waals surface area contributed by atoms with E-state index in [4.69, 9.17) is 5.11 Å². The second-order valence-electron chi connectivity index (χ2n) is 2.66. The lowest BCUT2D eigenvalue weighted by Gasteiger charge is -1.91. The smallest absolute Gasteiger partial charge is 0.356 e. The SMILES string of the molecule is Cc1cc2snc(C(=O)O)c2cn1. The molecule has 0 atom stereocenters. The number of aromatic nitrogens is 2. The zero-order valence-electron chi connectivity index (χ0n) is 6.81. The maximum atomic E-state index is 10.7. The monoisotopic (exact) mass is 194 g/mol. The van der Waals surface area contributed by atoms with Gasteiger partial charge in [0.1, 0.15) is 0 Å². The molecule has 0 aliphatic rings. The Balaban J connectivity index is 2.76. The van der Waals surface area contributed by atoms with Crippen LogP contribution in [0.3, 0.4) is 0 Å². The lowest BCUT2D eigenvalue weighted by Crippen LogP contribution is -1.96. The maximum absolute atomic E-state index is 10.7. The van der Waals surface area contributed by atoms with Crippen molar-refractivity contribution in [2.75, 3.05) is 0 Å². The quantitative estimate of drug-likeness (QED) is 0.750. The molecule has 66 valence electrons. The molecule has 0 radical (unpaired) electrons. The maximum Gasteiger partial charge on any atom is 0.356 e. The molecule has 0 aromatic carbocycles. The van der Waals surface area contributed by atoms with Crippen molar-refractivity contribution >= 4 is 27.6 Å². The van der Waals surface area contributed by atoms with Crippen LogP contribution in [0.1, 0.15) is 16.2 Å². The van der Waals surface area contributed by atoms with Crippen LogP contribution in [0.5, 0.6) is 0 Å². The van der Waals surface area contributed by atoms with Crippen molar-refractivity contribution in [1.29, 1.82) is 0 Å². The summed E-state index contributed by atoms with van der Waals surface area (Å²) in [6.45, 7) is 1.86. The molecular weight excluding hydrogens is 188 g/mol. The lowest BCUT2D eigenvalue weighted by molar-refractivity contribution is 0.0694. The normalized spacial score (nSPS) is 10.5. The van der Waals surface area contributed by atoms with E-state index in [9.17, 15) is 4.79 Å². The Labute approximate surface area is 78.0 Å². The van der Waals surface area contributed by atoms with Crippen LogP contribution in [0, 0.1) is 6.92 Å². The van der Waals surface area contributed by atoms with Gasteiger partial charge in [0.25, 0.3) is 0 Å². The Morgan fingerprint density at radius 1 is 1.62 bits per heavy atom. The number of carbonyl (C=O) groups is 1. The number of aryl methyl sites for hydroxylation is 1. The van der Waals surface area contributed by atoms with Gasteiger partial charge < -0.3 is 5.11 Å². The number of nitrogens with zero attached hydrogens (tertiary/aromatic N) is 2. The molecule has 2 aromatic heterocycles. The Hall–Kier alpha value is -1.49. The van der Waals surface area contributed by atoms with Gasteiger partial charge in [-0.15, -0.1) is 0 Å². The van der Waals surface area contributed by atoms with E-state index in [1.54, 1.807) is 6.20 Å². The van der Waals surface area contributed by atoms with Crippen LogP contribution in [-0.2, 0) is 0 Å². The van der Waals surface area contributed by atoms with Crippen LogP contribution in [0.15, 0.2) is 12.3 Å². The van der Waals surface area contributed by atoms with E-state index >= 15 is 0 Å². The van der Waals surface area contributed by atoms with Crippen LogP contribution < -0.4 is 0 Å². The van der Waals surface area contributed by atoms with E-state index in [1.807, 2.05) is 13.0 Å². The van der Waals surface area contributed by atoms with E-state index < -0.39 is 5.97 Å². The Morgan fingerprint density at radius 2 is 2.38 bits per heavy atom. The van der Waals surface area contributed by atoms with Crippen molar-refractivity contribution in [3.63, 3.8) is 0 Å². The summed E-state index contributed by atoms with van der Waals surface area (Å²) in [7, 11) is 0. The Bertz CT molecular complexity index is 478. The predicted molar refractivity (Wildman–Crippen MR) is 49.1 cm³/mol. The standard InChI is InChI=1S/C8H6N2O2S/c1-4-2-6-5(3-9-4)7(8(11)12)10-13-6/h2-3H,1H3,(H,11,12). The second-order valence-corrected chi connectivity index (χ2v) is 3.46. The molecule has 2 heterocycles. The molecule has 0 fully saturated rings. The van der Waals surface area contributed by atoms with Gasteiger partial charge in [0.2, 0.25) is 0 Å². The molecule has 5 heteroatoms. The molecular formula is C8H6N2O2S. The van der Waals surface area contributed by atoms with Crippen molar-refractivity contribution in [2.24, 2.45) is 0 Å². The summed E-state index contributed by atoms with van der Waals surface area (Å²) in [5.41, 5.74) is 0.959. The molecule has 2 aromatic rings. The zero-order chi connectivity index (χ0) is 9.42. The van der Waals surface area contributed by atoms with Gasteiger partial charge in [0.05, 0.1) is 4.70 Å². The van der Waals surface area contributed by atoms with Gasteiger partial charge in [-0.05, 0) is 24.5 Å². The van der Waals surface area contributed by atoms with Gasteiger partial charge in [0, 0.05) is 17.3 Å². The number of rotatable bonds is 1. The minimum absolute atomic E-state index is 0.0903. The highest BCUT2D eigenvalue weighted by Crippen LogP contribution is 2.22. The van der Waals surface area contributed by atoms with Gasteiger partial charge in [-0.2, -0.15) is 4.37 Å². The first-order chi connectivity index (χ1) is 6.18. The highest BCUT2D eigenvalue weighted by Gasteiger charge is 2.12. The van der Waals surface area contributed by atoms with Gasteiger partial charge in [-0.25, -0.2) is 4.79 Å². The van der Waals surface area contributed by atoms with Crippen LogP contribution in [0.4, 0.5) is 0 Å². The first-order valence-electron chi connectivity index (χ1n) is 3.64. The van der Waals surface area contributed by atoms with Crippen LogP contribution in [0.2, 0.25) is 0 Å². The van der Waals surface area contributed by atoms with Crippen LogP contribution in [0.25, 0.3) is 10.1 Å². The van der Waals surface area contributed by atoms with Gasteiger partial charge in [-0.1, -0.05) is 0 Å². The number of hydrogen-bond donors (Lipinski definition) is 1. The molecule has 4 nitrogen and oxygen atoms in total. The Morgan fingerprint density at radius 3 is 3.08 bits per heavy atom. The molecule has 0 aliphatic carbocycles. The van der Waals surface area contributed by atoms with E-state index in [-0.39, 0.29) is 5.69 Å². The van der Waals surface area contributed by atoms with Crippen molar-refractivity contribution in [3.05, 3.63) is 23.7 Å². The first-order valence-corrected chi connectivity index (χ1v) is 4.41. The zero-order valence-corrected chi connectivity index (χ0v) is 7.63. The molecule has 0 saturated heterocycles. The first kappa shape index (κ1) is 8.12. The van der Waals surface area contributed by atoms with E-state index in [0.29, 0.717) is 5.39 Å². The van der Waals surface area contributed by atoms with E-state index in [2.05, 4.69) is 9.36 Å². The number of carboxylic acids is 1. The van der Waals surface area contributed by atoms with Gasteiger partial charge in [0.15, 0.2) is 5.69 Å². The fourth-order valence-electron chi connectivity index (χ4n) is 1.09. The average Bonchev–Trinajstić information content (AvgIpc) is 2.46. The van der Waals surface area contributed by atoms with Gasteiger partial charge in [-0.3, -0.25) is 4.98 Å². The number of aromatic carboxylic acids is 1. The van der Waals surface area contributed by atoms with Crippen LogP contribution >= 0.6 is 11.5 Å². The summed E-state index contributed by atoms with van der Waals surface area (Å²) < 4.78 is 4.70. The number of fused-ring (bicyclic) bond motifs is 1. The third-order valence-corrected chi connectivity index (χ3v) is 2.50. The fraction of sp³-hybridized carbons (Fsp3) is 0.125. The number of hydrogen-bond acceptors (Lipinski definition) is 4. The number of pyridine rings is 1. The van der Waals surface area contributed by atoms with Crippen molar-refractivity contribution < 1.29 is 9.90 Å². The summed E-state index contributed by atoms with van der Waals surface area (Å²) in [6, 6.07) is 1.83. The summed E-state index contributed by atoms with van der Waals surface area (Å²) in [5.74, 6) is -1.00. The van der Waals surface area contributed by atoms with Crippen molar-refractivity contribution in [3.8, 4) is 0 Å². The second kappa shape index (κ2) is 2.77. The minimum Gasteiger partial charge on any atom is -0.476 e. The average molecular weight is 194 g/mol. The fourth-order valence-corrected chi connectivity index (χ4v) is 1.92. The third-order valence-electron chi connectivity index (χ3n) is 1.70. The molecule has 1 N–H and O–H groups in total. The third kappa shape index (κ3) is 1.27. The largest absolute Gasteiger partial charge is 0.476 e. The highest BCUT2D eigenvalue weighted by molar-refractivity contribution is 7.13. The molecule has 0 aliphatic heterocycles. The van der Waals surface area contributed by atoms with Crippen molar-refractivity contribution in [1.82, 2.24) is 9.36 Å². The molecule has 0 amide bonds. The highest BCUT2D eigenvalue weighted by atomic mass is 32.1.